The van der Waals surface area contributed by atoms with E-state index in [0.29, 0.717) is 46.8 Å². The number of benzene rings is 1. The molecule has 0 bridgehead atoms. The van der Waals surface area contributed by atoms with E-state index in [0.717, 1.165) is 18.4 Å². The van der Waals surface area contributed by atoms with Crippen molar-refractivity contribution >= 4 is 34.0 Å². The third-order valence-electron chi connectivity index (χ3n) is 4.94. The maximum atomic E-state index is 9.69. The fraction of sp³-hybridized carbons (Fsp3) is 0.300. The quantitative estimate of drug-likeness (QED) is 0.429. The zero-order chi connectivity index (χ0) is 21.5. The lowest BCUT2D eigenvalue weighted by Gasteiger charge is -2.10. The molecular weight excluding hydrogens is 396 g/mol. The Morgan fingerprint density at radius 3 is 2.81 bits per heavy atom. The molecule has 1 fully saturated rings. The van der Waals surface area contributed by atoms with Crippen LogP contribution in [-0.4, -0.2) is 46.6 Å². The molecule has 3 N–H and O–H groups in total. The van der Waals surface area contributed by atoms with E-state index in [4.69, 9.17) is 0 Å². The number of nitriles is 2. The molecule has 0 saturated heterocycles. The van der Waals surface area contributed by atoms with Crippen LogP contribution in [0.5, 0.6) is 0 Å². The molecule has 1 aliphatic rings. The average Bonchev–Trinajstić information content (AvgIpc) is 3.36. The van der Waals surface area contributed by atoms with Gasteiger partial charge in [0.1, 0.15) is 12.1 Å². The summed E-state index contributed by atoms with van der Waals surface area (Å²) in [6.45, 7) is 1.96. The maximum absolute atomic E-state index is 9.69. The van der Waals surface area contributed by atoms with E-state index in [1.165, 1.54) is 10.7 Å². The highest BCUT2D eigenvalue weighted by atomic mass is 16.3. The number of imidazole rings is 1. The monoisotopic (exact) mass is 414 g/mol. The fourth-order valence-corrected chi connectivity index (χ4v) is 3.39. The minimum Gasteiger partial charge on any atom is -0.391 e. The second kappa shape index (κ2) is 7.23. The number of hydrogen-bond acceptors (Lipinski definition) is 9. The van der Waals surface area contributed by atoms with Crippen LogP contribution in [0.3, 0.4) is 0 Å². The van der Waals surface area contributed by atoms with Crippen LogP contribution in [0.4, 0.5) is 17.5 Å². The molecule has 1 aromatic carbocycles. The van der Waals surface area contributed by atoms with Crippen LogP contribution < -0.4 is 10.6 Å². The van der Waals surface area contributed by atoms with Crippen LogP contribution in [-0.2, 0) is 6.54 Å². The average molecular weight is 414 g/mol. The standard InChI is InChI=1S/C20H18N10O/c1-11(31)10-29-17-5-4-13(6-15(17)16(8-22)27-29)25-20-26-18(24-12-2-3-12)19-23-9-14(7-21)30(19)28-20/h4-6,9,11-12,31H,2-3,10H2,1H3,(H2,24,25,26,28). The summed E-state index contributed by atoms with van der Waals surface area (Å²) < 4.78 is 3.08. The van der Waals surface area contributed by atoms with Crippen LogP contribution in [0, 0.1) is 22.7 Å². The van der Waals surface area contributed by atoms with Crippen LogP contribution in [0.15, 0.2) is 24.4 Å². The number of fused-ring (bicyclic) bond motifs is 2. The molecule has 0 amide bonds. The van der Waals surface area contributed by atoms with Crippen molar-refractivity contribution < 1.29 is 5.11 Å². The first-order valence-corrected chi connectivity index (χ1v) is 9.84. The van der Waals surface area contributed by atoms with Crippen LogP contribution >= 0.6 is 0 Å². The summed E-state index contributed by atoms with van der Waals surface area (Å²) in [5, 5.41) is 44.3. The van der Waals surface area contributed by atoms with Gasteiger partial charge < -0.3 is 15.7 Å². The van der Waals surface area contributed by atoms with E-state index in [9.17, 15) is 15.6 Å². The first-order chi connectivity index (χ1) is 15.1. The Morgan fingerprint density at radius 1 is 1.26 bits per heavy atom. The van der Waals surface area contributed by atoms with E-state index in [1.807, 2.05) is 12.1 Å². The molecule has 1 unspecified atom stereocenters. The lowest BCUT2D eigenvalue weighted by atomic mass is 10.2. The van der Waals surface area contributed by atoms with Crippen molar-refractivity contribution in [2.45, 2.75) is 38.5 Å². The zero-order valence-electron chi connectivity index (χ0n) is 16.6. The SMILES string of the molecule is CC(O)Cn1nc(C#N)c2cc(Nc3nc(NC4CC4)c4ncc(C#N)n4n3)ccc21. The molecule has 1 aliphatic carbocycles. The summed E-state index contributed by atoms with van der Waals surface area (Å²) in [6.07, 6.45) is 3.01. The lowest BCUT2D eigenvalue weighted by molar-refractivity contribution is 0.170. The number of aliphatic hydroxyl groups is 1. The van der Waals surface area contributed by atoms with E-state index >= 15 is 0 Å². The Morgan fingerprint density at radius 2 is 2.10 bits per heavy atom. The van der Waals surface area contributed by atoms with Crippen molar-refractivity contribution in [3.63, 3.8) is 0 Å². The first-order valence-electron chi connectivity index (χ1n) is 9.84. The van der Waals surface area contributed by atoms with Crippen LogP contribution in [0.1, 0.15) is 31.2 Å². The van der Waals surface area contributed by atoms with Gasteiger partial charge in [-0.15, -0.1) is 5.10 Å². The largest absolute Gasteiger partial charge is 0.391 e. The molecule has 11 nitrogen and oxygen atoms in total. The highest BCUT2D eigenvalue weighted by Crippen LogP contribution is 2.28. The van der Waals surface area contributed by atoms with E-state index in [2.05, 4.69) is 42.9 Å². The third kappa shape index (κ3) is 3.47. The van der Waals surface area contributed by atoms with E-state index in [-0.39, 0.29) is 5.69 Å². The van der Waals surface area contributed by atoms with Gasteiger partial charge in [0.2, 0.25) is 5.95 Å². The fourth-order valence-electron chi connectivity index (χ4n) is 3.39. The van der Waals surface area contributed by atoms with E-state index < -0.39 is 6.10 Å². The summed E-state index contributed by atoms with van der Waals surface area (Å²) in [6, 6.07) is 9.97. The molecule has 11 heteroatoms. The Labute approximate surface area is 176 Å². The summed E-state index contributed by atoms with van der Waals surface area (Å²) in [7, 11) is 0. The third-order valence-corrected chi connectivity index (χ3v) is 4.94. The Hall–Kier alpha value is -4.22. The summed E-state index contributed by atoms with van der Waals surface area (Å²) in [5.74, 6) is 0.851. The van der Waals surface area contributed by atoms with Gasteiger partial charge in [-0.1, -0.05) is 0 Å². The van der Waals surface area contributed by atoms with Crippen LogP contribution in [0.25, 0.3) is 16.6 Å². The van der Waals surface area contributed by atoms with Gasteiger partial charge in [-0.3, -0.25) is 4.68 Å². The van der Waals surface area contributed by atoms with Gasteiger partial charge in [-0.2, -0.15) is 25.1 Å². The van der Waals surface area contributed by atoms with Crippen molar-refractivity contribution in [1.29, 1.82) is 10.5 Å². The second-order valence-corrected chi connectivity index (χ2v) is 7.54. The molecule has 1 atom stereocenters. The number of anilines is 3. The Balaban J connectivity index is 1.54. The summed E-state index contributed by atoms with van der Waals surface area (Å²) in [4.78, 5) is 8.81. The van der Waals surface area contributed by atoms with Gasteiger partial charge in [-0.05, 0) is 38.0 Å². The molecule has 154 valence electrons. The number of aromatic nitrogens is 6. The minimum atomic E-state index is -0.588. The van der Waals surface area contributed by atoms with Crippen molar-refractivity contribution in [3.8, 4) is 12.1 Å². The van der Waals surface area contributed by atoms with Crippen molar-refractivity contribution in [2.75, 3.05) is 10.6 Å². The Kier molecular flexibility index (Phi) is 4.38. The highest BCUT2D eigenvalue weighted by Gasteiger charge is 2.24. The van der Waals surface area contributed by atoms with Gasteiger partial charge in [0.25, 0.3) is 0 Å². The number of hydrogen-bond donors (Lipinski definition) is 3. The molecule has 31 heavy (non-hydrogen) atoms. The number of rotatable bonds is 6. The molecule has 0 aliphatic heterocycles. The molecular formula is C20H18N10O. The second-order valence-electron chi connectivity index (χ2n) is 7.54. The first kappa shape index (κ1) is 18.8. The molecule has 0 spiro atoms. The molecule has 1 saturated carbocycles. The number of aliphatic hydroxyl groups excluding tert-OH is 1. The van der Waals surface area contributed by atoms with Crippen molar-refractivity contribution in [1.82, 2.24) is 29.4 Å². The minimum absolute atomic E-state index is 0.271. The van der Waals surface area contributed by atoms with Gasteiger partial charge >= 0.3 is 0 Å². The van der Waals surface area contributed by atoms with E-state index in [1.54, 1.807) is 17.7 Å². The van der Waals surface area contributed by atoms with Gasteiger partial charge in [0.15, 0.2) is 22.9 Å². The number of nitrogens with one attached hydrogen (secondary N) is 2. The van der Waals surface area contributed by atoms with Gasteiger partial charge in [-0.25, -0.2) is 4.98 Å². The van der Waals surface area contributed by atoms with Crippen molar-refractivity contribution in [3.05, 3.63) is 35.8 Å². The smallest absolute Gasteiger partial charge is 0.247 e. The highest BCUT2D eigenvalue weighted by molar-refractivity contribution is 5.88. The van der Waals surface area contributed by atoms with Gasteiger partial charge in [0, 0.05) is 17.1 Å². The molecule has 5 rings (SSSR count). The molecule has 0 radical (unpaired) electrons. The van der Waals surface area contributed by atoms with Gasteiger partial charge in [0.05, 0.1) is 24.4 Å². The maximum Gasteiger partial charge on any atom is 0.247 e. The predicted octanol–water partition coefficient (Wildman–Crippen LogP) is 1.92. The lowest BCUT2D eigenvalue weighted by Crippen LogP contribution is -2.12. The Bertz CT molecular complexity index is 1380. The summed E-state index contributed by atoms with van der Waals surface area (Å²) >= 11 is 0. The predicted molar refractivity (Wildman–Crippen MR) is 112 cm³/mol. The zero-order valence-corrected chi connectivity index (χ0v) is 16.6. The number of nitrogens with zero attached hydrogens (tertiary/aromatic N) is 8. The van der Waals surface area contributed by atoms with Crippen molar-refractivity contribution in [2.24, 2.45) is 0 Å². The molecule has 3 aromatic heterocycles. The normalized spacial score (nSPS) is 14.3. The molecule has 4 aromatic rings. The van der Waals surface area contributed by atoms with Crippen LogP contribution in [0.2, 0.25) is 0 Å². The molecule has 3 heterocycles. The summed E-state index contributed by atoms with van der Waals surface area (Å²) in [5.41, 5.74) is 2.48. The topological polar surface area (TPSA) is 153 Å².